The van der Waals surface area contributed by atoms with Gasteiger partial charge in [-0.05, 0) is 19.8 Å². The van der Waals surface area contributed by atoms with Crippen LogP contribution < -0.4 is 5.73 Å². The maximum absolute atomic E-state index is 11.0. The van der Waals surface area contributed by atoms with Gasteiger partial charge in [-0.25, -0.2) is 4.79 Å². The highest BCUT2D eigenvalue weighted by Gasteiger charge is 2.32. The lowest BCUT2D eigenvalue weighted by molar-refractivity contribution is -0.153. The summed E-state index contributed by atoms with van der Waals surface area (Å²) in [4.78, 5) is 11.0. The number of nitrogens with two attached hydrogens (primary N) is 1. The predicted octanol–water partition coefficient (Wildman–Crippen LogP) is 0.0542. The topological polar surface area (TPSA) is 61.5 Å². The minimum absolute atomic E-state index is 0.00843. The van der Waals surface area contributed by atoms with E-state index in [1.165, 1.54) is 7.11 Å². The van der Waals surface area contributed by atoms with Gasteiger partial charge in [0.25, 0.3) is 0 Å². The van der Waals surface area contributed by atoms with Crippen molar-refractivity contribution >= 4 is 5.97 Å². The molecule has 0 aliphatic carbocycles. The molecule has 0 spiro atoms. The Morgan fingerprint density at radius 1 is 1.67 bits per heavy atom. The van der Waals surface area contributed by atoms with Crippen molar-refractivity contribution in [2.24, 2.45) is 5.73 Å². The summed E-state index contributed by atoms with van der Waals surface area (Å²) < 4.78 is 9.93. The third-order valence-electron chi connectivity index (χ3n) is 2.10. The van der Waals surface area contributed by atoms with Gasteiger partial charge < -0.3 is 15.2 Å². The first-order valence-corrected chi connectivity index (χ1v) is 4.14. The van der Waals surface area contributed by atoms with Gasteiger partial charge in [0.15, 0.2) is 6.10 Å². The van der Waals surface area contributed by atoms with Crippen LogP contribution in [0, 0.1) is 0 Å². The average Bonchev–Trinajstić information content (AvgIpc) is 2.51. The molecule has 1 rings (SSSR count). The molecule has 0 radical (unpaired) electrons. The van der Waals surface area contributed by atoms with E-state index in [1.54, 1.807) is 0 Å². The fraction of sp³-hybridized carbons (Fsp3) is 0.875. The number of ether oxygens (including phenoxy) is 2. The van der Waals surface area contributed by atoms with E-state index < -0.39 is 6.10 Å². The zero-order chi connectivity index (χ0) is 9.14. The van der Waals surface area contributed by atoms with E-state index in [1.807, 2.05) is 6.92 Å². The first-order chi connectivity index (χ1) is 5.65. The fourth-order valence-electron chi connectivity index (χ4n) is 1.35. The van der Waals surface area contributed by atoms with Crippen LogP contribution in [0.5, 0.6) is 0 Å². The largest absolute Gasteiger partial charge is 0.467 e. The Bertz CT molecular complexity index is 170. The highest BCUT2D eigenvalue weighted by molar-refractivity contribution is 5.74. The molecule has 0 aromatic carbocycles. The lowest BCUT2D eigenvalue weighted by Crippen LogP contribution is -2.33. The minimum atomic E-state index is -0.397. The van der Waals surface area contributed by atoms with Crippen LogP contribution in [0.3, 0.4) is 0 Å². The second-order valence-electron chi connectivity index (χ2n) is 3.12. The fourth-order valence-corrected chi connectivity index (χ4v) is 1.35. The number of hydrogen-bond acceptors (Lipinski definition) is 4. The first kappa shape index (κ1) is 9.48. The number of methoxy groups -OCH3 is 1. The molecule has 70 valence electrons. The van der Waals surface area contributed by atoms with Gasteiger partial charge in [0.2, 0.25) is 0 Å². The molecule has 4 heteroatoms. The van der Waals surface area contributed by atoms with E-state index >= 15 is 0 Å². The molecule has 0 unspecified atom stereocenters. The summed E-state index contributed by atoms with van der Waals surface area (Å²) >= 11 is 0. The minimum Gasteiger partial charge on any atom is -0.467 e. The predicted molar refractivity (Wildman–Crippen MR) is 43.6 cm³/mol. The van der Waals surface area contributed by atoms with Crippen LogP contribution in [-0.2, 0) is 14.3 Å². The van der Waals surface area contributed by atoms with Crippen LogP contribution in [0.1, 0.15) is 19.8 Å². The molecule has 0 aromatic rings. The van der Waals surface area contributed by atoms with E-state index in [0.717, 1.165) is 12.8 Å². The maximum Gasteiger partial charge on any atom is 0.334 e. The van der Waals surface area contributed by atoms with E-state index in [9.17, 15) is 4.79 Å². The summed E-state index contributed by atoms with van der Waals surface area (Å²) in [6.07, 6.45) is 1.18. The summed E-state index contributed by atoms with van der Waals surface area (Å²) in [5, 5.41) is 0. The Kier molecular flexibility index (Phi) is 3.05. The second kappa shape index (κ2) is 3.87. The number of carbonyl (C=O) groups is 1. The molecule has 0 amide bonds. The lowest BCUT2D eigenvalue weighted by atomic mass is 10.1. The third kappa shape index (κ3) is 1.95. The molecule has 1 aliphatic heterocycles. The molecule has 0 saturated carbocycles. The van der Waals surface area contributed by atoms with Crippen LogP contribution in [0.4, 0.5) is 0 Å². The van der Waals surface area contributed by atoms with Gasteiger partial charge in [0, 0.05) is 6.04 Å². The quantitative estimate of drug-likeness (QED) is 0.599. The van der Waals surface area contributed by atoms with Crippen LogP contribution in [0.25, 0.3) is 0 Å². The van der Waals surface area contributed by atoms with Gasteiger partial charge in [-0.2, -0.15) is 0 Å². The zero-order valence-corrected chi connectivity index (χ0v) is 7.45. The molecule has 1 aliphatic rings. The Hall–Kier alpha value is -0.610. The number of rotatable bonds is 2. The highest BCUT2D eigenvalue weighted by Crippen LogP contribution is 2.21. The summed E-state index contributed by atoms with van der Waals surface area (Å²) in [6, 6.07) is -0.0142. The molecule has 2 N–H and O–H groups in total. The first-order valence-electron chi connectivity index (χ1n) is 4.14. The summed E-state index contributed by atoms with van der Waals surface area (Å²) in [6.45, 7) is 1.88. The summed E-state index contributed by atoms with van der Waals surface area (Å²) in [5.41, 5.74) is 5.62. The summed E-state index contributed by atoms with van der Waals surface area (Å²) in [5.74, 6) is -0.293. The monoisotopic (exact) mass is 173 g/mol. The van der Waals surface area contributed by atoms with Gasteiger partial charge in [-0.15, -0.1) is 0 Å². The number of hydrogen-bond donors (Lipinski definition) is 1. The molecule has 12 heavy (non-hydrogen) atoms. The zero-order valence-electron chi connectivity index (χ0n) is 7.45. The normalized spacial score (nSPS) is 31.6. The molecule has 0 aromatic heterocycles. The van der Waals surface area contributed by atoms with Crippen molar-refractivity contribution in [1.29, 1.82) is 0 Å². The molecule has 0 bridgehead atoms. The molecular formula is C8H15NO3. The molecule has 1 fully saturated rings. The van der Waals surface area contributed by atoms with Crippen LogP contribution in [-0.4, -0.2) is 31.3 Å². The standard InChI is InChI=1S/C8H15NO3/c1-5(9)6-3-4-7(12-6)8(10)11-2/h5-7H,3-4,9H2,1-2H3/t5-,6+,7-/m0/s1. The SMILES string of the molecule is COC(=O)[C@@H]1CC[C@H]([C@H](C)N)O1. The van der Waals surface area contributed by atoms with Gasteiger partial charge in [0.1, 0.15) is 0 Å². The Morgan fingerprint density at radius 2 is 2.33 bits per heavy atom. The van der Waals surface area contributed by atoms with Crippen molar-refractivity contribution in [2.45, 2.75) is 38.0 Å². The van der Waals surface area contributed by atoms with Crippen LogP contribution in [0.2, 0.25) is 0 Å². The molecule has 3 atom stereocenters. The van der Waals surface area contributed by atoms with Gasteiger partial charge in [0.05, 0.1) is 13.2 Å². The maximum atomic E-state index is 11.0. The highest BCUT2D eigenvalue weighted by atomic mass is 16.6. The van der Waals surface area contributed by atoms with Gasteiger partial charge in [-0.3, -0.25) is 0 Å². The van der Waals surface area contributed by atoms with Crippen molar-refractivity contribution < 1.29 is 14.3 Å². The van der Waals surface area contributed by atoms with Crippen molar-refractivity contribution in [2.75, 3.05) is 7.11 Å². The molecule has 1 saturated heterocycles. The lowest BCUT2D eigenvalue weighted by Gasteiger charge is -2.14. The Balaban J connectivity index is 2.40. The van der Waals surface area contributed by atoms with Crippen molar-refractivity contribution in [3.63, 3.8) is 0 Å². The Labute approximate surface area is 72.0 Å². The van der Waals surface area contributed by atoms with E-state index in [4.69, 9.17) is 10.5 Å². The molecular weight excluding hydrogens is 158 g/mol. The summed E-state index contributed by atoms with van der Waals surface area (Å²) in [7, 11) is 1.37. The average molecular weight is 173 g/mol. The smallest absolute Gasteiger partial charge is 0.334 e. The van der Waals surface area contributed by atoms with Crippen molar-refractivity contribution in [1.82, 2.24) is 0 Å². The molecule has 1 heterocycles. The van der Waals surface area contributed by atoms with E-state index in [-0.39, 0.29) is 18.1 Å². The van der Waals surface area contributed by atoms with Gasteiger partial charge in [-0.1, -0.05) is 0 Å². The van der Waals surface area contributed by atoms with Crippen LogP contribution >= 0.6 is 0 Å². The van der Waals surface area contributed by atoms with Crippen LogP contribution in [0.15, 0.2) is 0 Å². The second-order valence-corrected chi connectivity index (χ2v) is 3.12. The third-order valence-corrected chi connectivity index (χ3v) is 2.10. The molecule has 4 nitrogen and oxygen atoms in total. The Morgan fingerprint density at radius 3 is 2.75 bits per heavy atom. The number of carbonyl (C=O) groups excluding carboxylic acids is 1. The van der Waals surface area contributed by atoms with Crippen molar-refractivity contribution in [3.8, 4) is 0 Å². The number of esters is 1. The van der Waals surface area contributed by atoms with E-state index in [0.29, 0.717) is 0 Å². The van der Waals surface area contributed by atoms with E-state index in [2.05, 4.69) is 4.74 Å². The van der Waals surface area contributed by atoms with Crippen molar-refractivity contribution in [3.05, 3.63) is 0 Å². The van der Waals surface area contributed by atoms with Gasteiger partial charge >= 0.3 is 5.97 Å².